The van der Waals surface area contributed by atoms with Crippen molar-refractivity contribution in [3.8, 4) is 0 Å². The van der Waals surface area contributed by atoms with Gasteiger partial charge in [0.1, 0.15) is 0 Å². The number of benzene rings is 1. The fourth-order valence-electron chi connectivity index (χ4n) is 1.44. The highest BCUT2D eigenvalue weighted by atomic mass is 35.5. The number of amides is 1. The van der Waals surface area contributed by atoms with E-state index in [1.807, 2.05) is 0 Å². The minimum Gasteiger partial charge on any atom is -0.457 e. The van der Waals surface area contributed by atoms with Crippen LogP contribution in [0.2, 0.25) is 5.02 Å². The van der Waals surface area contributed by atoms with Crippen LogP contribution in [0.25, 0.3) is 0 Å². The van der Waals surface area contributed by atoms with Gasteiger partial charge in [-0.15, -0.1) is 0 Å². The monoisotopic (exact) mass is 293 g/mol. The SMILES string of the molecule is C[C@@H](OC(=O)c1ccco1)C(=O)Nc1ccc(Cl)cc1. The van der Waals surface area contributed by atoms with Gasteiger partial charge in [-0.3, -0.25) is 4.79 Å². The summed E-state index contributed by atoms with van der Waals surface area (Å²) in [7, 11) is 0. The lowest BCUT2D eigenvalue weighted by atomic mass is 10.3. The maximum absolute atomic E-state index is 11.9. The van der Waals surface area contributed by atoms with Crippen LogP contribution >= 0.6 is 11.6 Å². The van der Waals surface area contributed by atoms with Crippen LogP contribution in [0.3, 0.4) is 0 Å². The van der Waals surface area contributed by atoms with E-state index in [1.54, 1.807) is 30.3 Å². The number of furan rings is 1. The van der Waals surface area contributed by atoms with E-state index in [4.69, 9.17) is 20.8 Å². The zero-order valence-corrected chi connectivity index (χ0v) is 11.4. The molecule has 1 aromatic heterocycles. The number of nitrogens with one attached hydrogen (secondary N) is 1. The zero-order valence-electron chi connectivity index (χ0n) is 10.6. The third kappa shape index (κ3) is 3.61. The zero-order chi connectivity index (χ0) is 14.5. The predicted molar refractivity (Wildman–Crippen MR) is 73.7 cm³/mol. The van der Waals surface area contributed by atoms with Crippen molar-refractivity contribution in [2.24, 2.45) is 0 Å². The Morgan fingerprint density at radius 1 is 1.25 bits per heavy atom. The number of halogens is 1. The maximum atomic E-state index is 11.9. The molecule has 0 spiro atoms. The molecule has 2 aromatic rings. The molecule has 2 rings (SSSR count). The molecule has 0 radical (unpaired) electrons. The van der Waals surface area contributed by atoms with Gasteiger partial charge in [0, 0.05) is 10.7 Å². The van der Waals surface area contributed by atoms with Crippen LogP contribution in [0.1, 0.15) is 17.5 Å². The van der Waals surface area contributed by atoms with Crippen LogP contribution in [0.15, 0.2) is 47.1 Å². The lowest BCUT2D eigenvalue weighted by Gasteiger charge is -2.12. The number of hydrogen-bond donors (Lipinski definition) is 1. The Hall–Kier alpha value is -2.27. The largest absolute Gasteiger partial charge is 0.457 e. The Bertz CT molecular complexity index is 592. The van der Waals surface area contributed by atoms with Crippen molar-refractivity contribution >= 4 is 29.2 Å². The maximum Gasteiger partial charge on any atom is 0.374 e. The molecule has 6 heteroatoms. The van der Waals surface area contributed by atoms with E-state index in [0.29, 0.717) is 10.7 Å². The topological polar surface area (TPSA) is 68.5 Å². The predicted octanol–water partition coefficient (Wildman–Crippen LogP) is 3.12. The first-order valence-electron chi connectivity index (χ1n) is 5.87. The van der Waals surface area contributed by atoms with Gasteiger partial charge in [0.05, 0.1) is 6.26 Å². The third-order valence-corrected chi connectivity index (χ3v) is 2.74. The van der Waals surface area contributed by atoms with Gasteiger partial charge in [-0.2, -0.15) is 0 Å². The summed E-state index contributed by atoms with van der Waals surface area (Å²) < 4.78 is 9.87. The number of anilines is 1. The third-order valence-electron chi connectivity index (χ3n) is 2.49. The normalized spacial score (nSPS) is 11.7. The van der Waals surface area contributed by atoms with Gasteiger partial charge in [0.25, 0.3) is 5.91 Å². The van der Waals surface area contributed by atoms with Crippen molar-refractivity contribution in [1.82, 2.24) is 0 Å². The van der Waals surface area contributed by atoms with Crippen LogP contribution in [0.5, 0.6) is 0 Å². The molecule has 1 aromatic carbocycles. The summed E-state index contributed by atoms with van der Waals surface area (Å²) in [5, 5.41) is 3.18. The first kappa shape index (κ1) is 14.1. The standard InChI is InChI=1S/C14H12ClNO4/c1-9(20-14(18)12-3-2-8-19-12)13(17)16-11-6-4-10(15)5-7-11/h2-9H,1H3,(H,16,17)/t9-/m1/s1. The molecule has 0 saturated heterocycles. The summed E-state index contributed by atoms with van der Waals surface area (Å²) >= 11 is 5.74. The van der Waals surface area contributed by atoms with Crippen molar-refractivity contribution in [2.45, 2.75) is 13.0 Å². The highest BCUT2D eigenvalue weighted by Crippen LogP contribution is 2.14. The van der Waals surface area contributed by atoms with Gasteiger partial charge < -0.3 is 14.5 Å². The molecule has 0 aliphatic rings. The van der Waals surface area contributed by atoms with Crippen LogP contribution in [-0.4, -0.2) is 18.0 Å². The Morgan fingerprint density at radius 2 is 1.95 bits per heavy atom. The van der Waals surface area contributed by atoms with Crippen molar-refractivity contribution in [1.29, 1.82) is 0 Å². The summed E-state index contributed by atoms with van der Waals surface area (Å²) in [6.45, 7) is 1.48. The molecule has 5 nitrogen and oxygen atoms in total. The molecule has 0 saturated carbocycles. The minimum atomic E-state index is -0.941. The van der Waals surface area contributed by atoms with Gasteiger partial charge in [-0.25, -0.2) is 4.79 Å². The van der Waals surface area contributed by atoms with Gasteiger partial charge in [-0.1, -0.05) is 11.6 Å². The second kappa shape index (κ2) is 6.25. The Balaban J connectivity index is 1.92. The van der Waals surface area contributed by atoms with E-state index in [-0.39, 0.29) is 5.76 Å². The molecule has 0 aliphatic heterocycles. The van der Waals surface area contributed by atoms with E-state index in [2.05, 4.69) is 5.32 Å². The lowest BCUT2D eigenvalue weighted by Crippen LogP contribution is -2.29. The summed E-state index contributed by atoms with van der Waals surface area (Å²) in [5.41, 5.74) is 0.570. The molecule has 1 amide bonds. The van der Waals surface area contributed by atoms with Crippen molar-refractivity contribution < 1.29 is 18.7 Å². The number of ether oxygens (including phenoxy) is 1. The van der Waals surface area contributed by atoms with Crippen molar-refractivity contribution in [3.63, 3.8) is 0 Å². The average molecular weight is 294 g/mol. The van der Waals surface area contributed by atoms with Gasteiger partial charge in [0.2, 0.25) is 5.76 Å². The fraction of sp³-hybridized carbons (Fsp3) is 0.143. The van der Waals surface area contributed by atoms with Crippen LogP contribution in [-0.2, 0) is 9.53 Å². The Labute approximate surface area is 120 Å². The van der Waals surface area contributed by atoms with E-state index in [1.165, 1.54) is 19.3 Å². The van der Waals surface area contributed by atoms with E-state index >= 15 is 0 Å². The molecule has 0 fully saturated rings. The lowest BCUT2D eigenvalue weighted by molar-refractivity contribution is -0.123. The summed E-state index contributed by atoms with van der Waals surface area (Å²) in [6.07, 6.45) is 0.415. The second-order valence-corrected chi connectivity index (χ2v) is 4.46. The molecule has 104 valence electrons. The molecule has 0 bridgehead atoms. The fourth-order valence-corrected chi connectivity index (χ4v) is 1.57. The molecule has 1 atom stereocenters. The van der Waals surface area contributed by atoms with Crippen LogP contribution < -0.4 is 5.32 Å². The number of carbonyl (C=O) groups is 2. The smallest absolute Gasteiger partial charge is 0.374 e. The molecule has 0 unspecified atom stereocenters. The molecule has 20 heavy (non-hydrogen) atoms. The number of esters is 1. The second-order valence-electron chi connectivity index (χ2n) is 4.02. The number of carbonyl (C=O) groups excluding carboxylic acids is 2. The Morgan fingerprint density at radius 3 is 2.55 bits per heavy atom. The Kier molecular flexibility index (Phi) is 4.42. The first-order valence-corrected chi connectivity index (χ1v) is 6.25. The molecule has 0 aliphatic carbocycles. The van der Waals surface area contributed by atoms with Crippen molar-refractivity contribution in [3.05, 3.63) is 53.4 Å². The van der Waals surface area contributed by atoms with E-state index in [9.17, 15) is 9.59 Å². The first-order chi connectivity index (χ1) is 9.56. The number of rotatable bonds is 4. The molecule has 1 N–H and O–H groups in total. The molecular weight excluding hydrogens is 282 g/mol. The highest BCUT2D eigenvalue weighted by molar-refractivity contribution is 6.30. The van der Waals surface area contributed by atoms with Crippen LogP contribution in [0.4, 0.5) is 5.69 Å². The quantitative estimate of drug-likeness (QED) is 0.879. The van der Waals surface area contributed by atoms with Gasteiger partial charge >= 0.3 is 5.97 Å². The van der Waals surface area contributed by atoms with Crippen LogP contribution in [0, 0.1) is 0 Å². The van der Waals surface area contributed by atoms with Gasteiger partial charge in [-0.05, 0) is 43.3 Å². The highest BCUT2D eigenvalue weighted by Gasteiger charge is 2.20. The average Bonchev–Trinajstić information content (AvgIpc) is 2.95. The van der Waals surface area contributed by atoms with Gasteiger partial charge in [0.15, 0.2) is 6.10 Å². The minimum absolute atomic E-state index is 0.0520. The summed E-state index contributed by atoms with van der Waals surface area (Å²) in [6, 6.07) is 9.64. The summed E-state index contributed by atoms with van der Waals surface area (Å²) in [4.78, 5) is 23.5. The molecular formula is C14H12ClNO4. The summed E-state index contributed by atoms with van der Waals surface area (Å²) in [5.74, 6) is -1.07. The number of hydrogen-bond acceptors (Lipinski definition) is 4. The van der Waals surface area contributed by atoms with E-state index < -0.39 is 18.0 Å². The van der Waals surface area contributed by atoms with E-state index in [0.717, 1.165) is 0 Å². The molecule has 1 heterocycles. The van der Waals surface area contributed by atoms with Crippen molar-refractivity contribution in [2.75, 3.05) is 5.32 Å².